The number of aldehydes is 1. The number of hydrogen-bond acceptors (Lipinski definition) is 2. The van der Waals surface area contributed by atoms with E-state index in [1.807, 2.05) is 26.0 Å². The number of alkyl halides is 1. The van der Waals surface area contributed by atoms with Crippen LogP contribution >= 0.6 is 11.6 Å². The minimum atomic E-state index is 0.672. The van der Waals surface area contributed by atoms with Crippen LogP contribution in [0.1, 0.15) is 34.3 Å². The van der Waals surface area contributed by atoms with Gasteiger partial charge in [0.2, 0.25) is 0 Å². The van der Waals surface area contributed by atoms with Crippen LogP contribution in [0, 0.1) is 13.8 Å². The summed E-state index contributed by atoms with van der Waals surface area (Å²) in [6, 6.07) is 3.69. The number of ether oxygens (including phenoxy) is 1. The maximum absolute atomic E-state index is 10.7. The van der Waals surface area contributed by atoms with Crippen LogP contribution in [-0.2, 0) is 0 Å². The van der Waals surface area contributed by atoms with Gasteiger partial charge in [0.05, 0.1) is 6.61 Å². The van der Waals surface area contributed by atoms with E-state index in [1.54, 1.807) is 0 Å². The maximum atomic E-state index is 10.7. The zero-order chi connectivity index (χ0) is 12.0. The van der Waals surface area contributed by atoms with Gasteiger partial charge in [0.1, 0.15) is 12.0 Å². The third-order valence-electron chi connectivity index (χ3n) is 2.39. The molecule has 1 aromatic rings. The summed E-state index contributed by atoms with van der Waals surface area (Å²) < 4.78 is 5.69. The van der Waals surface area contributed by atoms with Crippen LogP contribution in [0.3, 0.4) is 0 Å². The number of benzene rings is 1. The number of hydrogen-bond donors (Lipinski definition) is 0. The average Bonchev–Trinajstić information content (AvgIpc) is 2.26. The van der Waals surface area contributed by atoms with Gasteiger partial charge in [0.25, 0.3) is 0 Å². The van der Waals surface area contributed by atoms with Crippen molar-refractivity contribution < 1.29 is 9.53 Å². The van der Waals surface area contributed by atoms with E-state index < -0.39 is 0 Å². The molecule has 0 unspecified atom stereocenters. The molecule has 0 aliphatic rings. The molecule has 0 fully saturated rings. The molecule has 0 saturated carbocycles. The number of rotatable bonds is 6. The smallest absolute Gasteiger partial charge is 0.150 e. The Morgan fingerprint density at radius 2 is 1.88 bits per heavy atom. The molecule has 1 rings (SSSR count). The van der Waals surface area contributed by atoms with Gasteiger partial charge in [-0.05, 0) is 49.9 Å². The lowest BCUT2D eigenvalue weighted by Gasteiger charge is -2.12. The highest BCUT2D eigenvalue weighted by molar-refractivity contribution is 6.17. The Bertz CT molecular complexity index is 338. The fourth-order valence-electron chi connectivity index (χ4n) is 1.65. The summed E-state index contributed by atoms with van der Waals surface area (Å²) in [4.78, 5) is 10.7. The summed E-state index contributed by atoms with van der Waals surface area (Å²) in [6.07, 6.45) is 2.78. The third kappa shape index (κ3) is 3.53. The van der Waals surface area contributed by atoms with Crippen LogP contribution in [-0.4, -0.2) is 18.8 Å². The summed E-state index contributed by atoms with van der Waals surface area (Å²) >= 11 is 5.59. The first-order valence-corrected chi connectivity index (χ1v) is 5.97. The molecule has 1 aromatic carbocycles. The molecule has 88 valence electrons. The second-order valence-electron chi connectivity index (χ2n) is 3.85. The minimum Gasteiger partial charge on any atom is -0.493 e. The number of carbonyl (C=O) groups excluding carboxylic acids is 1. The van der Waals surface area contributed by atoms with Crippen molar-refractivity contribution in [3.63, 3.8) is 0 Å². The first-order chi connectivity index (χ1) is 7.69. The van der Waals surface area contributed by atoms with Crippen molar-refractivity contribution in [3.8, 4) is 5.75 Å². The molecule has 0 aliphatic carbocycles. The fourth-order valence-corrected chi connectivity index (χ4v) is 1.84. The van der Waals surface area contributed by atoms with Gasteiger partial charge in [-0.1, -0.05) is 0 Å². The zero-order valence-electron chi connectivity index (χ0n) is 9.75. The van der Waals surface area contributed by atoms with Crippen molar-refractivity contribution in [2.75, 3.05) is 12.5 Å². The molecular weight excluding hydrogens is 224 g/mol. The lowest BCUT2D eigenvalue weighted by Crippen LogP contribution is -2.01. The van der Waals surface area contributed by atoms with Gasteiger partial charge in [-0.3, -0.25) is 4.79 Å². The quantitative estimate of drug-likeness (QED) is 0.432. The van der Waals surface area contributed by atoms with Gasteiger partial charge < -0.3 is 4.74 Å². The predicted octanol–water partition coefficient (Wildman–Crippen LogP) is 3.51. The summed E-state index contributed by atoms with van der Waals surface area (Å²) in [6.45, 7) is 4.59. The monoisotopic (exact) mass is 240 g/mol. The van der Waals surface area contributed by atoms with Crippen molar-refractivity contribution in [2.45, 2.75) is 26.7 Å². The van der Waals surface area contributed by atoms with Gasteiger partial charge in [-0.25, -0.2) is 0 Å². The Balaban J connectivity index is 2.69. The second kappa shape index (κ2) is 6.54. The first kappa shape index (κ1) is 13.0. The molecule has 16 heavy (non-hydrogen) atoms. The van der Waals surface area contributed by atoms with Gasteiger partial charge in [0.15, 0.2) is 0 Å². The topological polar surface area (TPSA) is 26.3 Å². The number of halogens is 1. The van der Waals surface area contributed by atoms with Gasteiger partial charge in [0, 0.05) is 11.4 Å². The highest BCUT2D eigenvalue weighted by Gasteiger charge is 2.05. The van der Waals surface area contributed by atoms with Gasteiger partial charge in [-0.15, -0.1) is 11.6 Å². The van der Waals surface area contributed by atoms with E-state index in [-0.39, 0.29) is 0 Å². The van der Waals surface area contributed by atoms with Crippen molar-refractivity contribution in [1.29, 1.82) is 0 Å². The normalized spacial score (nSPS) is 10.2. The summed E-state index contributed by atoms with van der Waals surface area (Å²) in [7, 11) is 0. The van der Waals surface area contributed by atoms with Crippen LogP contribution in [0.15, 0.2) is 12.1 Å². The Morgan fingerprint density at radius 1 is 1.25 bits per heavy atom. The van der Waals surface area contributed by atoms with Crippen molar-refractivity contribution in [3.05, 3.63) is 28.8 Å². The molecule has 0 N–H and O–H groups in total. The Kier molecular flexibility index (Phi) is 5.33. The molecule has 0 aromatic heterocycles. The molecule has 0 saturated heterocycles. The zero-order valence-corrected chi connectivity index (χ0v) is 10.5. The lowest BCUT2D eigenvalue weighted by atomic mass is 10.1. The molecule has 0 atom stereocenters. The van der Waals surface area contributed by atoms with Crippen LogP contribution in [0.5, 0.6) is 5.75 Å². The van der Waals surface area contributed by atoms with E-state index in [4.69, 9.17) is 16.3 Å². The van der Waals surface area contributed by atoms with E-state index in [0.717, 1.165) is 36.0 Å². The lowest BCUT2D eigenvalue weighted by molar-refractivity contribution is 0.112. The van der Waals surface area contributed by atoms with Crippen LogP contribution in [0.4, 0.5) is 0 Å². The minimum absolute atomic E-state index is 0.672. The molecule has 0 radical (unpaired) electrons. The number of aryl methyl sites for hydroxylation is 2. The Morgan fingerprint density at radius 3 is 2.38 bits per heavy atom. The fraction of sp³-hybridized carbons (Fsp3) is 0.462. The number of carbonyl (C=O) groups is 1. The third-order valence-corrected chi connectivity index (χ3v) is 2.66. The average molecular weight is 241 g/mol. The number of unbranched alkanes of at least 4 members (excludes halogenated alkanes) is 1. The van der Waals surface area contributed by atoms with E-state index >= 15 is 0 Å². The molecule has 2 nitrogen and oxygen atoms in total. The molecule has 0 aliphatic heterocycles. The standard InChI is InChI=1S/C13H17ClO2/c1-10-7-12(9-15)8-11(2)13(10)16-6-4-3-5-14/h7-9H,3-6H2,1-2H3. The predicted molar refractivity (Wildman–Crippen MR) is 66.8 cm³/mol. The second-order valence-corrected chi connectivity index (χ2v) is 4.22. The first-order valence-electron chi connectivity index (χ1n) is 5.44. The Hall–Kier alpha value is -1.02. The van der Waals surface area contributed by atoms with Gasteiger partial charge >= 0.3 is 0 Å². The van der Waals surface area contributed by atoms with Crippen molar-refractivity contribution >= 4 is 17.9 Å². The SMILES string of the molecule is Cc1cc(C=O)cc(C)c1OCCCCCl. The van der Waals surface area contributed by atoms with Crippen LogP contribution in [0.2, 0.25) is 0 Å². The van der Waals surface area contributed by atoms with E-state index in [1.165, 1.54) is 0 Å². The molecule has 0 spiro atoms. The van der Waals surface area contributed by atoms with E-state index in [2.05, 4.69) is 0 Å². The molecule has 3 heteroatoms. The molecular formula is C13H17ClO2. The van der Waals surface area contributed by atoms with Gasteiger partial charge in [-0.2, -0.15) is 0 Å². The van der Waals surface area contributed by atoms with Crippen molar-refractivity contribution in [1.82, 2.24) is 0 Å². The molecule has 0 amide bonds. The Labute approximate surface area is 102 Å². The highest BCUT2D eigenvalue weighted by Crippen LogP contribution is 2.24. The van der Waals surface area contributed by atoms with Crippen LogP contribution in [0.25, 0.3) is 0 Å². The summed E-state index contributed by atoms with van der Waals surface area (Å²) in [5.41, 5.74) is 2.71. The van der Waals surface area contributed by atoms with Crippen LogP contribution < -0.4 is 4.74 Å². The molecule has 0 bridgehead atoms. The summed E-state index contributed by atoms with van der Waals surface area (Å²) in [5, 5.41) is 0. The molecule has 0 heterocycles. The summed E-state index contributed by atoms with van der Waals surface area (Å²) in [5.74, 6) is 1.56. The van der Waals surface area contributed by atoms with Crippen molar-refractivity contribution in [2.24, 2.45) is 0 Å². The van der Waals surface area contributed by atoms with E-state index in [0.29, 0.717) is 18.1 Å². The largest absolute Gasteiger partial charge is 0.493 e. The maximum Gasteiger partial charge on any atom is 0.150 e. The highest BCUT2D eigenvalue weighted by atomic mass is 35.5. The van der Waals surface area contributed by atoms with E-state index in [9.17, 15) is 4.79 Å².